The number of imidazole rings is 1. The van der Waals surface area contributed by atoms with E-state index in [2.05, 4.69) is 4.98 Å². The molecule has 0 aromatic carbocycles. The summed E-state index contributed by atoms with van der Waals surface area (Å²) in [5, 5.41) is 9.28. The molecule has 0 saturated heterocycles. The van der Waals surface area contributed by atoms with Crippen molar-refractivity contribution in [3.63, 3.8) is 0 Å². The average molecular weight is 246 g/mol. The molecule has 3 heterocycles. The standard InChI is InChI=1S/C13H14N2O3/c16-13(17)11-5-1-3-9-8-14-12(15(9)11)7-10-4-2-6-18-10/h2,4,6,8,11H,1,3,5,7H2,(H,16,17). The molecule has 3 rings (SSSR count). The Bertz CT molecular complexity index is 557. The number of hydrogen-bond acceptors (Lipinski definition) is 3. The maximum atomic E-state index is 11.3. The molecule has 94 valence electrons. The van der Waals surface area contributed by atoms with Gasteiger partial charge in [-0.05, 0) is 31.4 Å². The van der Waals surface area contributed by atoms with Crippen LogP contribution in [0.25, 0.3) is 0 Å². The fourth-order valence-electron chi connectivity index (χ4n) is 2.54. The Balaban J connectivity index is 1.97. The molecule has 1 atom stereocenters. The zero-order valence-corrected chi connectivity index (χ0v) is 9.87. The fraction of sp³-hybridized carbons (Fsp3) is 0.385. The molecular weight excluding hydrogens is 232 g/mol. The number of rotatable bonds is 3. The Hall–Kier alpha value is -2.04. The number of fused-ring (bicyclic) bond motifs is 1. The van der Waals surface area contributed by atoms with Crippen molar-refractivity contribution in [2.45, 2.75) is 31.7 Å². The minimum absolute atomic E-state index is 0.485. The maximum absolute atomic E-state index is 11.3. The van der Waals surface area contributed by atoms with Crippen LogP contribution in [0.1, 0.15) is 36.2 Å². The number of aliphatic carboxylic acids is 1. The summed E-state index contributed by atoms with van der Waals surface area (Å²) in [7, 11) is 0. The molecule has 0 aliphatic carbocycles. The number of carboxylic acid groups (broad SMARTS) is 1. The topological polar surface area (TPSA) is 68.3 Å². The Morgan fingerprint density at radius 3 is 3.22 bits per heavy atom. The SMILES string of the molecule is O=C(O)C1CCCc2cnc(Cc3ccco3)n21. The fourth-order valence-corrected chi connectivity index (χ4v) is 2.54. The summed E-state index contributed by atoms with van der Waals surface area (Å²) in [6.07, 6.45) is 6.41. The first-order valence-corrected chi connectivity index (χ1v) is 6.06. The van der Waals surface area contributed by atoms with Crippen LogP contribution in [0.2, 0.25) is 0 Å². The highest BCUT2D eigenvalue weighted by atomic mass is 16.4. The van der Waals surface area contributed by atoms with Gasteiger partial charge in [-0.1, -0.05) is 0 Å². The van der Waals surface area contributed by atoms with Crippen molar-refractivity contribution in [2.75, 3.05) is 0 Å². The third-order valence-corrected chi connectivity index (χ3v) is 3.37. The number of aryl methyl sites for hydroxylation is 1. The van der Waals surface area contributed by atoms with Gasteiger partial charge in [0.05, 0.1) is 12.7 Å². The summed E-state index contributed by atoms with van der Waals surface area (Å²) in [6, 6.07) is 3.21. The van der Waals surface area contributed by atoms with E-state index in [0.717, 1.165) is 30.1 Å². The molecule has 5 nitrogen and oxygen atoms in total. The van der Waals surface area contributed by atoms with Crippen molar-refractivity contribution in [1.82, 2.24) is 9.55 Å². The normalized spacial score (nSPS) is 18.6. The lowest BCUT2D eigenvalue weighted by atomic mass is 10.0. The maximum Gasteiger partial charge on any atom is 0.326 e. The third kappa shape index (κ3) is 1.81. The van der Waals surface area contributed by atoms with Gasteiger partial charge in [0, 0.05) is 11.9 Å². The monoisotopic (exact) mass is 246 g/mol. The number of furan rings is 1. The molecule has 0 radical (unpaired) electrons. The summed E-state index contributed by atoms with van der Waals surface area (Å²) < 4.78 is 7.15. The Morgan fingerprint density at radius 2 is 2.50 bits per heavy atom. The van der Waals surface area contributed by atoms with E-state index in [9.17, 15) is 9.90 Å². The van der Waals surface area contributed by atoms with E-state index in [1.165, 1.54) is 0 Å². The van der Waals surface area contributed by atoms with Gasteiger partial charge in [-0.15, -0.1) is 0 Å². The molecule has 18 heavy (non-hydrogen) atoms. The smallest absolute Gasteiger partial charge is 0.326 e. The van der Waals surface area contributed by atoms with Gasteiger partial charge in [-0.25, -0.2) is 9.78 Å². The van der Waals surface area contributed by atoms with Gasteiger partial charge in [0.15, 0.2) is 0 Å². The second-order valence-electron chi connectivity index (χ2n) is 4.54. The molecule has 1 aliphatic rings. The second-order valence-corrected chi connectivity index (χ2v) is 4.54. The van der Waals surface area contributed by atoms with E-state index < -0.39 is 12.0 Å². The average Bonchev–Trinajstić information content (AvgIpc) is 2.99. The number of hydrogen-bond donors (Lipinski definition) is 1. The Kier molecular flexibility index (Phi) is 2.66. The first-order chi connectivity index (χ1) is 8.75. The molecule has 0 saturated carbocycles. The van der Waals surface area contributed by atoms with Crippen LogP contribution >= 0.6 is 0 Å². The molecule has 5 heteroatoms. The highest BCUT2D eigenvalue weighted by molar-refractivity contribution is 5.72. The highest BCUT2D eigenvalue weighted by Gasteiger charge is 2.28. The van der Waals surface area contributed by atoms with Crippen LogP contribution in [0, 0.1) is 0 Å². The summed E-state index contributed by atoms with van der Waals surface area (Å²) in [5.74, 6) is 0.791. The lowest BCUT2D eigenvalue weighted by Crippen LogP contribution is -2.26. The van der Waals surface area contributed by atoms with Gasteiger partial charge in [0.1, 0.15) is 17.6 Å². The molecule has 0 bridgehead atoms. The zero-order valence-electron chi connectivity index (χ0n) is 9.87. The first-order valence-electron chi connectivity index (χ1n) is 6.06. The van der Waals surface area contributed by atoms with Crippen molar-refractivity contribution in [3.05, 3.63) is 41.9 Å². The van der Waals surface area contributed by atoms with Crippen LogP contribution in [0.5, 0.6) is 0 Å². The summed E-state index contributed by atoms with van der Waals surface area (Å²) >= 11 is 0. The van der Waals surface area contributed by atoms with Gasteiger partial charge in [0.2, 0.25) is 0 Å². The predicted molar refractivity (Wildman–Crippen MR) is 63.4 cm³/mol. The van der Waals surface area contributed by atoms with Gasteiger partial charge in [-0.3, -0.25) is 0 Å². The van der Waals surface area contributed by atoms with Crippen molar-refractivity contribution < 1.29 is 14.3 Å². The van der Waals surface area contributed by atoms with Gasteiger partial charge < -0.3 is 14.1 Å². The third-order valence-electron chi connectivity index (χ3n) is 3.37. The number of carboxylic acids is 1. The van der Waals surface area contributed by atoms with Crippen LogP contribution in [-0.2, 0) is 17.6 Å². The van der Waals surface area contributed by atoms with Gasteiger partial charge >= 0.3 is 5.97 Å². The van der Waals surface area contributed by atoms with E-state index in [0.29, 0.717) is 12.8 Å². The van der Waals surface area contributed by atoms with Gasteiger partial charge in [-0.2, -0.15) is 0 Å². The van der Waals surface area contributed by atoms with Crippen LogP contribution in [0.15, 0.2) is 29.0 Å². The van der Waals surface area contributed by atoms with Crippen LogP contribution < -0.4 is 0 Å². The molecular formula is C13H14N2O3. The van der Waals surface area contributed by atoms with Gasteiger partial charge in [0.25, 0.3) is 0 Å². The molecule has 0 amide bonds. The molecule has 1 unspecified atom stereocenters. The number of carbonyl (C=O) groups is 1. The lowest BCUT2D eigenvalue weighted by Gasteiger charge is -2.23. The van der Waals surface area contributed by atoms with E-state index in [-0.39, 0.29) is 0 Å². The second kappa shape index (κ2) is 4.33. The number of nitrogens with zero attached hydrogens (tertiary/aromatic N) is 2. The van der Waals surface area contributed by atoms with Crippen molar-refractivity contribution in [2.24, 2.45) is 0 Å². The van der Waals surface area contributed by atoms with E-state index >= 15 is 0 Å². The predicted octanol–water partition coefficient (Wildman–Crippen LogP) is 2.03. The number of aromatic nitrogens is 2. The summed E-state index contributed by atoms with van der Waals surface area (Å²) in [6.45, 7) is 0. The molecule has 0 spiro atoms. The van der Waals surface area contributed by atoms with Crippen LogP contribution in [0.3, 0.4) is 0 Å². The van der Waals surface area contributed by atoms with Crippen LogP contribution in [-0.4, -0.2) is 20.6 Å². The minimum atomic E-state index is -0.783. The summed E-state index contributed by atoms with van der Waals surface area (Å²) in [4.78, 5) is 15.6. The Labute approximate surface area is 104 Å². The largest absolute Gasteiger partial charge is 0.480 e. The summed E-state index contributed by atoms with van der Waals surface area (Å²) in [5.41, 5.74) is 1.01. The highest BCUT2D eigenvalue weighted by Crippen LogP contribution is 2.27. The molecule has 2 aromatic heterocycles. The molecule has 0 fully saturated rings. The van der Waals surface area contributed by atoms with Crippen molar-refractivity contribution in [3.8, 4) is 0 Å². The van der Waals surface area contributed by atoms with Crippen molar-refractivity contribution >= 4 is 5.97 Å². The molecule has 1 N–H and O–H groups in total. The Morgan fingerprint density at radius 1 is 1.61 bits per heavy atom. The van der Waals surface area contributed by atoms with Crippen molar-refractivity contribution in [1.29, 1.82) is 0 Å². The van der Waals surface area contributed by atoms with E-state index in [4.69, 9.17) is 4.42 Å². The minimum Gasteiger partial charge on any atom is -0.480 e. The quantitative estimate of drug-likeness (QED) is 0.899. The molecule has 1 aliphatic heterocycles. The zero-order chi connectivity index (χ0) is 12.5. The molecule has 2 aromatic rings. The lowest BCUT2D eigenvalue weighted by molar-refractivity contribution is -0.141. The van der Waals surface area contributed by atoms with Crippen LogP contribution in [0.4, 0.5) is 0 Å². The van der Waals surface area contributed by atoms with E-state index in [1.807, 2.05) is 16.7 Å². The van der Waals surface area contributed by atoms with E-state index in [1.54, 1.807) is 12.5 Å². The first kappa shape index (κ1) is 11.1.